The molecule has 0 radical (unpaired) electrons. The Morgan fingerprint density at radius 1 is 1.00 bits per heavy atom. The molecule has 3 aromatic rings. The van der Waals surface area contributed by atoms with Gasteiger partial charge in [-0.25, -0.2) is 4.68 Å². The topological polar surface area (TPSA) is 67.2 Å². The Bertz CT molecular complexity index is 1050. The number of benzene rings is 2. The number of hydrogen-bond acceptors (Lipinski definition) is 3. The first-order chi connectivity index (χ1) is 15.8. The second kappa shape index (κ2) is 10.9. The molecular weight excluding hydrogens is 412 g/mol. The zero-order valence-corrected chi connectivity index (χ0v) is 20.0. The molecule has 3 rings (SSSR count). The van der Waals surface area contributed by atoms with Crippen molar-refractivity contribution in [2.75, 3.05) is 18.4 Å². The summed E-state index contributed by atoms with van der Waals surface area (Å²) in [4.78, 5) is 27.7. The van der Waals surface area contributed by atoms with Gasteiger partial charge in [0.05, 0.1) is 24.3 Å². The van der Waals surface area contributed by atoms with Gasteiger partial charge in [0.2, 0.25) is 11.8 Å². The third kappa shape index (κ3) is 6.78. The van der Waals surface area contributed by atoms with E-state index in [-0.39, 0.29) is 30.2 Å². The number of hydrogen-bond donors (Lipinski definition) is 1. The first kappa shape index (κ1) is 24.2. The average Bonchev–Trinajstić information content (AvgIpc) is 3.22. The van der Waals surface area contributed by atoms with Gasteiger partial charge in [-0.3, -0.25) is 9.59 Å². The molecule has 1 heterocycles. The third-order valence-corrected chi connectivity index (χ3v) is 5.41. The van der Waals surface area contributed by atoms with E-state index in [1.54, 1.807) is 9.58 Å². The second-order valence-electron chi connectivity index (χ2n) is 9.29. The molecule has 0 saturated carbocycles. The molecular formula is C27H34N4O2. The molecule has 0 atom stereocenters. The minimum atomic E-state index is -0.231. The quantitative estimate of drug-likeness (QED) is 0.504. The highest BCUT2D eigenvalue weighted by Gasteiger charge is 2.23. The summed E-state index contributed by atoms with van der Waals surface area (Å²) in [6, 6.07) is 21.3. The summed E-state index contributed by atoms with van der Waals surface area (Å²) in [7, 11) is 0. The summed E-state index contributed by atoms with van der Waals surface area (Å²) in [5.41, 5.74) is 2.52. The lowest BCUT2D eigenvalue weighted by atomic mass is 9.92. The average molecular weight is 447 g/mol. The molecule has 174 valence electrons. The van der Waals surface area contributed by atoms with E-state index in [2.05, 4.69) is 33.0 Å². The van der Waals surface area contributed by atoms with E-state index in [0.29, 0.717) is 12.4 Å². The first-order valence-corrected chi connectivity index (χ1v) is 11.6. The Balaban J connectivity index is 1.78. The number of nitrogens with one attached hydrogen (secondary N) is 1. The van der Waals surface area contributed by atoms with Crippen molar-refractivity contribution in [2.45, 2.75) is 52.4 Å². The Morgan fingerprint density at radius 2 is 1.64 bits per heavy atom. The largest absolute Gasteiger partial charge is 0.333 e. The van der Waals surface area contributed by atoms with Crippen LogP contribution in [0.3, 0.4) is 0 Å². The molecule has 0 aliphatic heterocycles. The van der Waals surface area contributed by atoms with E-state index >= 15 is 0 Å². The van der Waals surface area contributed by atoms with E-state index in [0.717, 1.165) is 29.8 Å². The van der Waals surface area contributed by atoms with Gasteiger partial charge in [0, 0.05) is 18.0 Å². The van der Waals surface area contributed by atoms with Crippen molar-refractivity contribution in [2.24, 2.45) is 0 Å². The van der Waals surface area contributed by atoms with Crippen LogP contribution in [0.2, 0.25) is 0 Å². The minimum absolute atomic E-state index is 0.0104. The van der Waals surface area contributed by atoms with Gasteiger partial charge in [0.15, 0.2) is 0 Å². The summed E-state index contributed by atoms with van der Waals surface area (Å²) in [5.74, 6) is 0.323. The number of amides is 2. The number of unbranched alkanes of at least 4 members (excludes halogenated alkanes) is 1. The van der Waals surface area contributed by atoms with Crippen LogP contribution < -0.4 is 5.32 Å². The number of para-hydroxylation sites is 1. The van der Waals surface area contributed by atoms with Gasteiger partial charge in [-0.05, 0) is 24.1 Å². The van der Waals surface area contributed by atoms with Crippen molar-refractivity contribution < 1.29 is 9.59 Å². The van der Waals surface area contributed by atoms with Gasteiger partial charge in [0.25, 0.3) is 0 Å². The molecule has 0 fully saturated rings. The fourth-order valence-corrected chi connectivity index (χ4v) is 3.48. The lowest BCUT2D eigenvalue weighted by Crippen LogP contribution is -2.39. The van der Waals surface area contributed by atoms with Crippen LogP contribution >= 0.6 is 0 Å². The molecule has 1 aromatic heterocycles. The molecule has 0 unspecified atom stereocenters. The highest BCUT2D eigenvalue weighted by atomic mass is 16.2. The summed E-state index contributed by atoms with van der Waals surface area (Å²) < 4.78 is 1.75. The van der Waals surface area contributed by atoms with Crippen molar-refractivity contribution in [3.05, 3.63) is 78.0 Å². The summed E-state index contributed by atoms with van der Waals surface area (Å²) in [6.07, 6.45) is 2.09. The standard InChI is InChI=1S/C27H34N4O2/c1-5-6-17-30(26(33)18-21-13-9-7-10-14-21)20-25(32)28-24-19-23(27(2,3)4)29-31(24)22-15-11-8-12-16-22/h7-16,19H,5-6,17-18,20H2,1-4H3,(H,28,32). The molecule has 0 spiro atoms. The molecule has 6 heteroatoms. The van der Waals surface area contributed by atoms with Crippen LogP contribution in [0.15, 0.2) is 66.7 Å². The third-order valence-electron chi connectivity index (χ3n) is 5.41. The maximum absolute atomic E-state index is 13.0. The van der Waals surface area contributed by atoms with Gasteiger partial charge in [-0.2, -0.15) is 5.10 Å². The molecule has 2 aromatic carbocycles. The number of carbonyl (C=O) groups excluding carboxylic acids is 2. The second-order valence-corrected chi connectivity index (χ2v) is 9.29. The number of carbonyl (C=O) groups is 2. The van der Waals surface area contributed by atoms with Gasteiger partial charge in [-0.1, -0.05) is 82.6 Å². The van der Waals surface area contributed by atoms with E-state index < -0.39 is 0 Å². The summed E-state index contributed by atoms with van der Waals surface area (Å²) in [5, 5.41) is 7.74. The number of rotatable bonds is 9. The zero-order chi connectivity index (χ0) is 23.8. The van der Waals surface area contributed by atoms with Gasteiger partial charge in [-0.15, -0.1) is 0 Å². The molecule has 0 saturated heterocycles. The molecule has 1 N–H and O–H groups in total. The van der Waals surface area contributed by atoms with Crippen molar-refractivity contribution in [1.29, 1.82) is 0 Å². The van der Waals surface area contributed by atoms with E-state index in [9.17, 15) is 9.59 Å². The highest BCUT2D eigenvalue weighted by Crippen LogP contribution is 2.26. The van der Waals surface area contributed by atoms with Crippen LogP contribution in [-0.4, -0.2) is 39.6 Å². The number of nitrogens with zero attached hydrogens (tertiary/aromatic N) is 3. The van der Waals surface area contributed by atoms with Gasteiger partial charge < -0.3 is 10.2 Å². The van der Waals surface area contributed by atoms with Crippen LogP contribution in [0.5, 0.6) is 0 Å². The Labute approximate surface area is 196 Å². The fourth-order valence-electron chi connectivity index (χ4n) is 3.48. The molecule has 6 nitrogen and oxygen atoms in total. The molecule has 0 bridgehead atoms. The van der Waals surface area contributed by atoms with Gasteiger partial charge >= 0.3 is 0 Å². The van der Waals surface area contributed by atoms with Crippen LogP contribution in [0, 0.1) is 0 Å². The molecule has 0 aliphatic rings. The fraction of sp³-hybridized carbons (Fsp3) is 0.370. The van der Waals surface area contributed by atoms with Crippen molar-refractivity contribution in [3.63, 3.8) is 0 Å². The van der Waals surface area contributed by atoms with Gasteiger partial charge in [0.1, 0.15) is 5.82 Å². The van der Waals surface area contributed by atoms with Crippen molar-refractivity contribution >= 4 is 17.6 Å². The molecule has 2 amide bonds. The van der Waals surface area contributed by atoms with Crippen LogP contribution in [0.1, 0.15) is 51.8 Å². The Hall–Kier alpha value is -3.41. The number of aromatic nitrogens is 2. The van der Waals surface area contributed by atoms with E-state index in [1.165, 1.54) is 0 Å². The van der Waals surface area contributed by atoms with E-state index in [4.69, 9.17) is 5.10 Å². The molecule has 0 aliphatic carbocycles. The molecule has 33 heavy (non-hydrogen) atoms. The first-order valence-electron chi connectivity index (χ1n) is 11.6. The Morgan fingerprint density at radius 3 is 2.24 bits per heavy atom. The normalized spacial score (nSPS) is 11.3. The maximum Gasteiger partial charge on any atom is 0.245 e. The van der Waals surface area contributed by atoms with Crippen LogP contribution in [0.25, 0.3) is 5.69 Å². The SMILES string of the molecule is CCCCN(CC(=O)Nc1cc(C(C)(C)C)nn1-c1ccccc1)C(=O)Cc1ccccc1. The van der Waals surface area contributed by atoms with Crippen LogP contribution in [0.4, 0.5) is 5.82 Å². The minimum Gasteiger partial charge on any atom is -0.333 e. The lowest BCUT2D eigenvalue weighted by molar-refractivity contribution is -0.134. The lowest BCUT2D eigenvalue weighted by Gasteiger charge is -2.22. The Kier molecular flexibility index (Phi) is 8.04. The smallest absolute Gasteiger partial charge is 0.245 e. The summed E-state index contributed by atoms with van der Waals surface area (Å²) >= 11 is 0. The zero-order valence-electron chi connectivity index (χ0n) is 20.0. The predicted octanol–water partition coefficient (Wildman–Crippen LogP) is 4.98. The summed E-state index contributed by atoms with van der Waals surface area (Å²) in [6.45, 7) is 8.91. The van der Waals surface area contributed by atoms with Crippen LogP contribution in [-0.2, 0) is 21.4 Å². The predicted molar refractivity (Wildman–Crippen MR) is 133 cm³/mol. The van der Waals surface area contributed by atoms with E-state index in [1.807, 2.05) is 66.7 Å². The number of anilines is 1. The monoisotopic (exact) mass is 446 g/mol. The highest BCUT2D eigenvalue weighted by molar-refractivity contribution is 5.94. The van der Waals surface area contributed by atoms with Crippen molar-refractivity contribution in [3.8, 4) is 5.69 Å². The maximum atomic E-state index is 13.0. The van der Waals surface area contributed by atoms with Crippen molar-refractivity contribution in [1.82, 2.24) is 14.7 Å².